The maximum Gasteiger partial charge on any atom is 0.264 e. The summed E-state index contributed by atoms with van der Waals surface area (Å²) in [6.07, 6.45) is 0.415. The lowest BCUT2D eigenvalue weighted by Gasteiger charge is -2.14. The molecule has 1 heterocycles. The van der Waals surface area contributed by atoms with Crippen LogP contribution in [0.1, 0.15) is 15.9 Å². The Morgan fingerprint density at radius 3 is 2.64 bits per heavy atom. The van der Waals surface area contributed by atoms with Crippen LogP contribution in [0.2, 0.25) is 5.02 Å². The van der Waals surface area contributed by atoms with Gasteiger partial charge in [-0.25, -0.2) is 8.42 Å². The number of benzene rings is 2. The number of carbonyl (C=O) groups is 1. The van der Waals surface area contributed by atoms with E-state index in [1.54, 1.807) is 31.3 Å². The van der Waals surface area contributed by atoms with Crippen molar-refractivity contribution in [3.8, 4) is 16.2 Å². The Bertz CT molecular complexity index is 1260. The summed E-state index contributed by atoms with van der Waals surface area (Å²) < 4.78 is 33.6. The van der Waals surface area contributed by atoms with E-state index in [2.05, 4.69) is 15.4 Å². The van der Waals surface area contributed by atoms with Crippen LogP contribution in [-0.4, -0.2) is 40.1 Å². The lowest BCUT2D eigenvalue weighted by molar-refractivity contribution is 0.0951. The first kappa shape index (κ1) is 25.0. The SMILES string of the molecule is CNC(=S)NS(=O)(=O)c1cc(CCNC(=O)c2cc(Cl)ccc2OC)ccc1-c1cccs1. The minimum atomic E-state index is -3.91. The van der Waals surface area contributed by atoms with E-state index < -0.39 is 10.0 Å². The zero-order valence-corrected chi connectivity index (χ0v) is 21.1. The molecule has 0 aliphatic rings. The van der Waals surface area contributed by atoms with Gasteiger partial charge in [0, 0.05) is 29.1 Å². The summed E-state index contributed by atoms with van der Waals surface area (Å²) in [5.74, 6) is 0.0793. The number of rotatable bonds is 8. The van der Waals surface area contributed by atoms with E-state index in [9.17, 15) is 13.2 Å². The molecule has 0 aliphatic carbocycles. The van der Waals surface area contributed by atoms with Crippen LogP contribution >= 0.6 is 35.2 Å². The molecule has 3 N–H and O–H groups in total. The predicted octanol–water partition coefficient (Wildman–Crippen LogP) is 3.83. The summed E-state index contributed by atoms with van der Waals surface area (Å²) in [6.45, 7) is 0.286. The van der Waals surface area contributed by atoms with Crippen molar-refractivity contribution in [2.24, 2.45) is 0 Å². The van der Waals surface area contributed by atoms with E-state index in [4.69, 9.17) is 28.6 Å². The Morgan fingerprint density at radius 1 is 1.18 bits per heavy atom. The van der Waals surface area contributed by atoms with Crippen molar-refractivity contribution in [1.29, 1.82) is 0 Å². The summed E-state index contributed by atoms with van der Waals surface area (Å²) in [5, 5.41) is 7.73. The minimum Gasteiger partial charge on any atom is -0.496 e. The molecule has 2 aromatic carbocycles. The van der Waals surface area contributed by atoms with E-state index in [0.29, 0.717) is 28.3 Å². The number of sulfonamides is 1. The van der Waals surface area contributed by atoms with Crippen LogP contribution < -0.4 is 20.1 Å². The molecule has 174 valence electrons. The average molecular weight is 524 g/mol. The molecule has 0 bridgehead atoms. The van der Waals surface area contributed by atoms with Crippen molar-refractivity contribution in [3.05, 3.63) is 70.1 Å². The fourth-order valence-corrected chi connectivity index (χ4v) is 5.64. The Balaban J connectivity index is 1.81. The molecule has 0 saturated carbocycles. The molecule has 0 atom stereocenters. The number of carbonyl (C=O) groups excluding carboxylic acids is 1. The van der Waals surface area contributed by atoms with Crippen molar-refractivity contribution in [1.82, 2.24) is 15.4 Å². The Hall–Kier alpha value is -2.66. The molecular formula is C22H22ClN3O4S3. The molecule has 3 aromatic rings. The van der Waals surface area contributed by atoms with Crippen molar-refractivity contribution < 1.29 is 17.9 Å². The molecule has 1 amide bonds. The van der Waals surface area contributed by atoms with E-state index in [-0.39, 0.29) is 22.5 Å². The highest BCUT2D eigenvalue weighted by Gasteiger charge is 2.22. The molecule has 11 heteroatoms. The van der Waals surface area contributed by atoms with Gasteiger partial charge in [0.2, 0.25) is 0 Å². The molecule has 0 unspecified atom stereocenters. The highest BCUT2D eigenvalue weighted by atomic mass is 35.5. The summed E-state index contributed by atoms with van der Waals surface area (Å²) in [7, 11) is -0.897. The zero-order valence-electron chi connectivity index (χ0n) is 17.8. The molecule has 33 heavy (non-hydrogen) atoms. The van der Waals surface area contributed by atoms with Gasteiger partial charge in [0.1, 0.15) is 5.75 Å². The largest absolute Gasteiger partial charge is 0.496 e. The third-order valence-corrected chi connectivity index (χ3v) is 7.64. The molecule has 0 saturated heterocycles. The summed E-state index contributed by atoms with van der Waals surface area (Å²) in [5.41, 5.74) is 1.64. The fraction of sp³-hybridized carbons (Fsp3) is 0.182. The standard InChI is InChI=1S/C22H22ClN3O4S3/c1-24-22(31)26-33(28,29)20-12-14(5-7-16(20)19-4-3-11-32-19)9-10-25-21(27)17-13-15(23)6-8-18(17)30-2/h3-8,11-13H,9-10H2,1-2H3,(H,25,27)(H2,24,26,31). The average Bonchev–Trinajstić information content (AvgIpc) is 3.33. The second-order valence-electron chi connectivity index (χ2n) is 6.84. The third kappa shape index (κ3) is 6.23. The highest BCUT2D eigenvalue weighted by molar-refractivity contribution is 7.92. The zero-order chi connectivity index (χ0) is 24.0. The predicted molar refractivity (Wildman–Crippen MR) is 136 cm³/mol. The van der Waals surface area contributed by atoms with E-state index >= 15 is 0 Å². The van der Waals surface area contributed by atoms with Gasteiger partial charge in [0.25, 0.3) is 15.9 Å². The number of thiocarbonyl (C=S) groups is 1. The molecule has 0 spiro atoms. The third-order valence-electron chi connectivity index (χ3n) is 4.68. The first-order valence-corrected chi connectivity index (χ1v) is 12.9. The van der Waals surface area contributed by atoms with Crippen LogP contribution in [0.25, 0.3) is 10.4 Å². The molecule has 3 rings (SSSR count). The molecular weight excluding hydrogens is 502 g/mol. The number of halogens is 1. The lowest BCUT2D eigenvalue weighted by atomic mass is 10.1. The highest BCUT2D eigenvalue weighted by Crippen LogP contribution is 2.32. The van der Waals surface area contributed by atoms with Crippen molar-refractivity contribution >= 4 is 56.2 Å². The topological polar surface area (TPSA) is 96.5 Å². The molecule has 0 aliphatic heterocycles. The first-order valence-electron chi connectivity index (χ1n) is 9.78. The molecule has 0 radical (unpaired) electrons. The molecule has 1 aromatic heterocycles. The normalized spacial score (nSPS) is 11.0. The van der Waals surface area contributed by atoms with Gasteiger partial charge in [0.15, 0.2) is 5.11 Å². The number of methoxy groups -OCH3 is 1. The molecule has 0 fully saturated rings. The van der Waals surface area contributed by atoms with Crippen LogP contribution in [-0.2, 0) is 16.4 Å². The van der Waals surface area contributed by atoms with Crippen LogP contribution in [0.3, 0.4) is 0 Å². The Morgan fingerprint density at radius 2 is 1.97 bits per heavy atom. The number of hydrogen-bond acceptors (Lipinski definition) is 6. The van der Waals surface area contributed by atoms with E-state index in [1.165, 1.54) is 24.5 Å². The number of ether oxygens (including phenoxy) is 1. The first-order chi connectivity index (χ1) is 15.7. The quantitative estimate of drug-likeness (QED) is 0.388. The monoisotopic (exact) mass is 523 g/mol. The minimum absolute atomic E-state index is 0.000246. The number of amides is 1. The van der Waals surface area contributed by atoms with Gasteiger partial charge in [0.05, 0.1) is 17.6 Å². The van der Waals surface area contributed by atoms with Crippen LogP contribution in [0.5, 0.6) is 5.75 Å². The van der Waals surface area contributed by atoms with Crippen molar-refractivity contribution in [2.45, 2.75) is 11.3 Å². The van der Waals surface area contributed by atoms with Gasteiger partial charge in [-0.1, -0.05) is 29.8 Å². The van der Waals surface area contributed by atoms with Crippen LogP contribution in [0.15, 0.2) is 58.8 Å². The summed E-state index contributed by atoms with van der Waals surface area (Å²) in [6, 6.07) is 13.7. The van der Waals surface area contributed by atoms with Crippen molar-refractivity contribution in [3.63, 3.8) is 0 Å². The van der Waals surface area contributed by atoms with Gasteiger partial charge in [-0.3, -0.25) is 9.52 Å². The Kier molecular flexibility index (Phi) is 8.30. The second-order valence-corrected chi connectivity index (χ2v) is 10.3. The second kappa shape index (κ2) is 11.0. The van der Waals surface area contributed by atoms with Gasteiger partial charge in [-0.15, -0.1) is 11.3 Å². The smallest absolute Gasteiger partial charge is 0.264 e. The van der Waals surface area contributed by atoms with Crippen LogP contribution in [0.4, 0.5) is 0 Å². The number of thiophene rings is 1. The number of nitrogens with one attached hydrogen (secondary N) is 3. The number of hydrogen-bond donors (Lipinski definition) is 3. The van der Waals surface area contributed by atoms with Gasteiger partial charge in [-0.2, -0.15) is 0 Å². The van der Waals surface area contributed by atoms with Gasteiger partial charge in [-0.05, 0) is 59.9 Å². The summed E-state index contributed by atoms with van der Waals surface area (Å²) in [4.78, 5) is 13.5. The van der Waals surface area contributed by atoms with Crippen molar-refractivity contribution in [2.75, 3.05) is 20.7 Å². The van der Waals surface area contributed by atoms with E-state index in [1.807, 2.05) is 23.6 Å². The van der Waals surface area contributed by atoms with Gasteiger partial charge < -0.3 is 15.4 Å². The lowest BCUT2D eigenvalue weighted by Crippen LogP contribution is -2.37. The van der Waals surface area contributed by atoms with E-state index in [0.717, 1.165) is 10.4 Å². The maximum absolute atomic E-state index is 13.0. The van der Waals surface area contributed by atoms with Gasteiger partial charge >= 0.3 is 0 Å². The fourth-order valence-electron chi connectivity index (χ4n) is 3.08. The maximum atomic E-state index is 13.0. The van der Waals surface area contributed by atoms with Crippen LogP contribution in [0, 0.1) is 0 Å². The summed E-state index contributed by atoms with van der Waals surface area (Å²) >= 11 is 12.4. The molecule has 7 nitrogen and oxygen atoms in total. The Labute approximate surface area is 207 Å².